The minimum Gasteiger partial charge on any atom is -0.372 e. The molecule has 0 bridgehead atoms. The Morgan fingerprint density at radius 2 is 1.74 bits per heavy atom. The Labute approximate surface area is 226 Å². The molecule has 1 aliphatic heterocycles. The van der Waals surface area contributed by atoms with E-state index < -0.39 is 11.6 Å². The van der Waals surface area contributed by atoms with Crippen molar-refractivity contribution in [1.82, 2.24) is 20.0 Å². The highest BCUT2D eigenvalue weighted by molar-refractivity contribution is 5.76. The Hall–Kier alpha value is -2.32. The number of benzene rings is 1. The number of alkyl halides is 3. The highest BCUT2D eigenvalue weighted by Gasteiger charge is 2.49. The number of carbonyl (C=O) groups excluding carboxylic acids is 1. The van der Waals surface area contributed by atoms with Gasteiger partial charge in [0.05, 0.1) is 5.41 Å². The van der Waals surface area contributed by atoms with Crippen LogP contribution in [0.15, 0.2) is 48.2 Å². The van der Waals surface area contributed by atoms with Crippen LogP contribution in [0.4, 0.5) is 13.2 Å². The predicted molar refractivity (Wildman–Crippen MR) is 147 cm³/mol. The normalized spacial score (nSPS) is 20.8. The number of hydrogen-bond donors (Lipinski definition) is 1. The van der Waals surface area contributed by atoms with E-state index in [9.17, 15) is 18.0 Å². The number of halogens is 3. The molecule has 1 saturated heterocycles. The van der Waals surface area contributed by atoms with Crippen molar-refractivity contribution in [3.63, 3.8) is 0 Å². The Kier molecular flexibility index (Phi) is 11.3. The average Bonchev–Trinajstić information content (AvgIpc) is 3.11. The van der Waals surface area contributed by atoms with Gasteiger partial charge in [0.2, 0.25) is 5.91 Å². The van der Waals surface area contributed by atoms with Gasteiger partial charge < -0.3 is 15.1 Å². The number of nitrogens with one attached hydrogen (secondary N) is 1. The fourth-order valence-electron chi connectivity index (χ4n) is 5.19. The zero-order valence-electron chi connectivity index (χ0n) is 23.3. The van der Waals surface area contributed by atoms with Crippen molar-refractivity contribution in [3.05, 3.63) is 59.3 Å². The maximum atomic E-state index is 13.4. The summed E-state index contributed by atoms with van der Waals surface area (Å²) >= 11 is 0. The van der Waals surface area contributed by atoms with Crippen LogP contribution in [0.1, 0.15) is 63.5 Å². The van der Waals surface area contributed by atoms with Crippen LogP contribution >= 0.6 is 0 Å². The third kappa shape index (κ3) is 8.60. The summed E-state index contributed by atoms with van der Waals surface area (Å²) in [5, 5.41) is 3.15. The molecular formula is C30H45F3N4O. The second kappa shape index (κ2) is 14.2. The molecule has 1 atom stereocenters. The Morgan fingerprint density at radius 3 is 2.37 bits per heavy atom. The lowest BCUT2D eigenvalue weighted by molar-refractivity contribution is -0.201. The molecule has 0 saturated carbocycles. The van der Waals surface area contributed by atoms with E-state index in [0.717, 1.165) is 69.8 Å². The van der Waals surface area contributed by atoms with Crippen LogP contribution in [0.3, 0.4) is 0 Å². The molecule has 1 aliphatic carbocycles. The Morgan fingerprint density at radius 1 is 1.05 bits per heavy atom. The minimum atomic E-state index is -4.22. The van der Waals surface area contributed by atoms with Gasteiger partial charge in [0, 0.05) is 57.9 Å². The van der Waals surface area contributed by atoms with Crippen molar-refractivity contribution < 1.29 is 18.0 Å². The first kappa shape index (κ1) is 30.2. The fourth-order valence-corrected chi connectivity index (χ4v) is 5.19. The fraction of sp³-hybridized carbons (Fsp3) is 0.633. The second-order valence-electron chi connectivity index (χ2n) is 10.8. The maximum absolute atomic E-state index is 13.4. The molecule has 1 N–H and O–H groups in total. The van der Waals surface area contributed by atoms with Crippen molar-refractivity contribution in [2.45, 2.75) is 71.6 Å². The van der Waals surface area contributed by atoms with E-state index in [2.05, 4.69) is 39.4 Å². The summed E-state index contributed by atoms with van der Waals surface area (Å²) in [6, 6.07) is 8.42. The zero-order chi connectivity index (χ0) is 27.6. The molecule has 38 heavy (non-hydrogen) atoms. The molecule has 0 radical (unpaired) electrons. The van der Waals surface area contributed by atoms with E-state index in [1.165, 1.54) is 18.6 Å². The van der Waals surface area contributed by atoms with E-state index in [0.29, 0.717) is 25.9 Å². The summed E-state index contributed by atoms with van der Waals surface area (Å²) in [5.41, 5.74) is 1.66. The van der Waals surface area contributed by atoms with Crippen molar-refractivity contribution in [2.75, 3.05) is 46.3 Å². The molecule has 1 amide bonds. The van der Waals surface area contributed by atoms with Crippen molar-refractivity contribution in [3.8, 4) is 0 Å². The minimum absolute atomic E-state index is 0.0934. The van der Waals surface area contributed by atoms with Crippen molar-refractivity contribution >= 4 is 5.91 Å². The van der Waals surface area contributed by atoms with Gasteiger partial charge >= 0.3 is 6.18 Å². The number of carbonyl (C=O) groups is 1. The van der Waals surface area contributed by atoms with E-state index in [1.54, 1.807) is 6.08 Å². The van der Waals surface area contributed by atoms with E-state index in [1.807, 2.05) is 24.9 Å². The topological polar surface area (TPSA) is 38.8 Å². The van der Waals surface area contributed by atoms with Gasteiger partial charge in [-0.05, 0) is 70.3 Å². The first-order chi connectivity index (χ1) is 18.1. The third-order valence-corrected chi connectivity index (χ3v) is 7.96. The molecule has 1 fully saturated rings. The zero-order valence-corrected chi connectivity index (χ0v) is 23.3. The number of allylic oxidation sites excluding steroid dienone is 4. The summed E-state index contributed by atoms with van der Waals surface area (Å²) in [5.74, 6) is 0.216. The lowest BCUT2D eigenvalue weighted by atomic mass is 9.85. The van der Waals surface area contributed by atoms with Crippen LogP contribution in [-0.4, -0.2) is 73.1 Å². The van der Waals surface area contributed by atoms with Crippen LogP contribution < -0.4 is 5.32 Å². The first-order valence-corrected chi connectivity index (χ1v) is 14.1. The largest absolute Gasteiger partial charge is 0.397 e. The molecule has 1 aromatic rings. The van der Waals surface area contributed by atoms with Gasteiger partial charge in [-0.2, -0.15) is 13.2 Å². The number of rotatable bonds is 12. The van der Waals surface area contributed by atoms with Crippen LogP contribution in [0, 0.1) is 5.41 Å². The summed E-state index contributed by atoms with van der Waals surface area (Å²) < 4.78 is 40.2. The Bertz CT molecular complexity index is 936. The van der Waals surface area contributed by atoms with Gasteiger partial charge in [-0.25, -0.2) is 0 Å². The lowest BCUT2D eigenvalue weighted by Crippen LogP contribution is -2.46. The third-order valence-electron chi connectivity index (χ3n) is 7.96. The van der Waals surface area contributed by atoms with Gasteiger partial charge in [0.15, 0.2) is 0 Å². The molecule has 0 spiro atoms. The maximum Gasteiger partial charge on any atom is 0.397 e. The smallest absolute Gasteiger partial charge is 0.372 e. The summed E-state index contributed by atoms with van der Waals surface area (Å²) in [6.07, 6.45) is 4.64. The highest BCUT2D eigenvalue weighted by atomic mass is 19.4. The van der Waals surface area contributed by atoms with Gasteiger partial charge in [-0.1, -0.05) is 42.8 Å². The van der Waals surface area contributed by atoms with Crippen LogP contribution in [0.5, 0.6) is 0 Å². The highest BCUT2D eigenvalue weighted by Crippen LogP contribution is 2.45. The molecule has 212 valence electrons. The molecule has 1 heterocycles. The summed E-state index contributed by atoms with van der Waals surface area (Å²) in [4.78, 5) is 19.4. The predicted octanol–water partition coefficient (Wildman–Crippen LogP) is 5.74. The van der Waals surface area contributed by atoms with Gasteiger partial charge in [0.25, 0.3) is 0 Å². The SMILES string of the molecule is CCN(Cc1ccc(CNC)cc1)C(=O)CCCCCN1CCN(C2=CC=CC(C)(C(F)(F)F)CC2)CC1. The molecule has 1 aromatic carbocycles. The van der Waals surface area contributed by atoms with E-state index in [4.69, 9.17) is 0 Å². The molecule has 3 rings (SSSR count). The molecule has 2 aliphatic rings. The second-order valence-corrected chi connectivity index (χ2v) is 10.8. The number of amides is 1. The quantitative estimate of drug-likeness (QED) is 0.348. The molecule has 5 nitrogen and oxygen atoms in total. The van der Waals surface area contributed by atoms with Gasteiger partial charge in [-0.15, -0.1) is 0 Å². The van der Waals surface area contributed by atoms with Crippen LogP contribution in [0.25, 0.3) is 0 Å². The van der Waals surface area contributed by atoms with Crippen LogP contribution in [-0.2, 0) is 17.9 Å². The summed E-state index contributed by atoms with van der Waals surface area (Å²) in [7, 11) is 1.93. The lowest BCUT2D eigenvalue weighted by Gasteiger charge is -2.38. The number of hydrogen-bond acceptors (Lipinski definition) is 4. The standard InChI is InChI=1S/C30H45F3N4O/c1-4-36(24-26-13-11-25(12-14-26)23-34-3)28(38)10-6-5-7-18-35-19-21-37(22-20-35)27-9-8-16-29(2,17-15-27)30(31,32)33/h8-9,11-14,16,34H,4-7,10,15,17-24H2,1-3H3. The van der Waals surface area contributed by atoms with E-state index >= 15 is 0 Å². The summed E-state index contributed by atoms with van der Waals surface area (Å²) in [6.45, 7) is 10.1. The van der Waals surface area contributed by atoms with Gasteiger partial charge in [0.1, 0.15) is 0 Å². The van der Waals surface area contributed by atoms with E-state index in [-0.39, 0.29) is 12.3 Å². The van der Waals surface area contributed by atoms with Crippen LogP contribution in [0.2, 0.25) is 0 Å². The van der Waals surface area contributed by atoms with Gasteiger partial charge in [-0.3, -0.25) is 9.69 Å². The molecule has 0 aromatic heterocycles. The molecular weight excluding hydrogens is 489 g/mol. The van der Waals surface area contributed by atoms with Crippen molar-refractivity contribution in [2.24, 2.45) is 5.41 Å². The number of nitrogens with zero attached hydrogens (tertiary/aromatic N) is 3. The average molecular weight is 535 g/mol. The van der Waals surface area contributed by atoms with Crippen molar-refractivity contribution in [1.29, 1.82) is 0 Å². The molecule has 8 heteroatoms. The number of piperazine rings is 1. The first-order valence-electron chi connectivity index (χ1n) is 14.1. The number of unbranched alkanes of at least 4 members (excludes halogenated alkanes) is 2. The Balaban J connectivity index is 1.31. The molecule has 1 unspecified atom stereocenters. The monoisotopic (exact) mass is 534 g/mol.